The van der Waals surface area contributed by atoms with E-state index in [2.05, 4.69) is 0 Å². The predicted octanol–water partition coefficient (Wildman–Crippen LogP) is 2.75. The lowest BCUT2D eigenvalue weighted by molar-refractivity contribution is 0.0611. The van der Waals surface area contributed by atoms with Crippen molar-refractivity contribution in [3.63, 3.8) is 0 Å². The van der Waals surface area contributed by atoms with Crippen LogP contribution in [0.2, 0.25) is 0 Å². The van der Waals surface area contributed by atoms with E-state index in [9.17, 15) is 13.2 Å². The highest BCUT2D eigenvalue weighted by atomic mass is 19.3. The smallest absolute Gasteiger partial charge is 0.207 e. The number of benzene rings is 1. The molecule has 1 aromatic carbocycles. The van der Waals surface area contributed by atoms with E-state index in [1.54, 1.807) is 0 Å². The quantitative estimate of drug-likeness (QED) is 0.659. The molecule has 0 radical (unpaired) electrons. The highest BCUT2D eigenvalue weighted by Crippen LogP contribution is 2.27. The van der Waals surface area contributed by atoms with Gasteiger partial charge in [-0.25, -0.2) is 4.39 Å². The number of rotatable bonds is 1. The van der Waals surface area contributed by atoms with Crippen molar-refractivity contribution in [3.8, 4) is 6.07 Å². The maximum absolute atomic E-state index is 12.7. The zero-order valence-corrected chi connectivity index (χ0v) is 6.81. The molecule has 1 nitrogen and oxygen atoms in total. The third-order valence-electron chi connectivity index (χ3n) is 1.66. The van der Waals surface area contributed by atoms with E-state index in [0.717, 1.165) is 24.3 Å². The molecule has 0 saturated carbocycles. The van der Waals surface area contributed by atoms with Crippen LogP contribution in [0.25, 0.3) is 0 Å². The van der Waals surface area contributed by atoms with E-state index in [1.807, 2.05) is 0 Å². The first-order chi connectivity index (χ1) is 5.97. The molecular weight excluding hydrogens is 179 g/mol. The zero-order chi connectivity index (χ0) is 10.1. The third kappa shape index (κ3) is 1.81. The van der Waals surface area contributed by atoms with Crippen LogP contribution in [0, 0.1) is 24.1 Å². The molecular formula is C9H6F3N. The van der Waals surface area contributed by atoms with Crippen LogP contribution in [-0.2, 0) is 5.92 Å². The lowest BCUT2D eigenvalue weighted by Crippen LogP contribution is -2.10. The van der Waals surface area contributed by atoms with Gasteiger partial charge in [-0.2, -0.15) is 14.0 Å². The van der Waals surface area contributed by atoms with E-state index in [4.69, 9.17) is 5.26 Å². The Balaban J connectivity index is 3.20. The van der Waals surface area contributed by atoms with E-state index >= 15 is 0 Å². The van der Waals surface area contributed by atoms with Crippen LogP contribution in [0.4, 0.5) is 13.2 Å². The molecule has 0 unspecified atom stereocenters. The molecule has 0 saturated heterocycles. The Labute approximate surface area is 73.4 Å². The van der Waals surface area contributed by atoms with Gasteiger partial charge in [0, 0.05) is 5.56 Å². The summed E-state index contributed by atoms with van der Waals surface area (Å²) in [5.74, 6) is -4.10. The van der Waals surface area contributed by atoms with Crippen LogP contribution in [0.3, 0.4) is 0 Å². The van der Waals surface area contributed by atoms with Crippen molar-refractivity contribution in [2.45, 2.75) is 12.8 Å². The van der Waals surface area contributed by atoms with Gasteiger partial charge in [0.05, 0.1) is 0 Å². The predicted molar refractivity (Wildman–Crippen MR) is 40.6 cm³/mol. The molecule has 0 heterocycles. The summed E-state index contributed by atoms with van der Waals surface area (Å²) in [6, 6.07) is 3.65. The first kappa shape index (κ1) is 9.59. The molecule has 13 heavy (non-hydrogen) atoms. The van der Waals surface area contributed by atoms with Gasteiger partial charge in [0.25, 0.3) is 0 Å². The molecule has 0 aliphatic rings. The Kier molecular flexibility index (Phi) is 2.28. The fraction of sp³-hybridized carbons (Fsp3) is 0.222. The van der Waals surface area contributed by atoms with E-state index < -0.39 is 17.3 Å². The van der Waals surface area contributed by atoms with Gasteiger partial charge in [0.2, 0.25) is 0 Å². The van der Waals surface area contributed by atoms with Gasteiger partial charge in [-0.15, -0.1) is 0 Å². The van der Waals surface area contributed by atoms with Crippen molar-refractivity contribution < 1.29 is 13.2 Å². The molecule has 0 N–H and O–H groups in total. The van der Waals surface area contributed by atoms with Crippen molar-refractivity contribution in [3.05, 3.63) is 35.1 Å². The monoisotopic (exact) mass is 185 g/mol. The molecule has 0 aliphatic carbocycles. The molecule has 1 rings (SSSR count). The van der Waals surface area contributed by atoms with Gasteiger partial charge >= 0.3 is 5.92 Å². The minimum atomic E-state index is -3.54. The molecule has 0 aromatic heterocycles. The largest absolute Gasteiger partial charge is 0.357 e. The average Bonchev–Trinajstić information content (AvgIpc) is 2.09. The summed E-state index contributed by atoms with van der Waals surface area (Å²) < 4.78 is 38.1. The second kappa shape index (κ2) is 3.09. The minimum absolute atomic E-state index is 0.104. The van der Waals surface area contributed by atoms with Crippen LogP contribution in [-0.4, -0.2) is 0 Å². The maximum atomic E-state index is 12.7. The van der Waals surface area contributed by atoms with Gasteiger partial charge in [0.15, 0.2) is 0 Å². The van der Waals surface area contributed by atoms with E-state index in [-0.39, 0.29) is 5.56 Å². The molecule has 0 spiro atoms. The van der Waals surface area contributed by atoms with Crippen LogP contribution in [0.15, 0.2) is 18.2 Å². The normalized spacial score (nSPS) is 11.0. The van der Waals surface area contributed by atoms with Crippen molar-refractivity contribution in [2.75, 3.05) is 0 Å². The second-order valence-electron chi connectivity index (χ2n) is 2.65. The van der Waals surface area contributed by atoms with E-state index in [0.29, 0.717) is 0 Å². The number of alkyl halides is 2. The zero-order valence-electron chi connectivity index (χ0n) is 6.81. The molecule has 68 valence electrons. The van der Waals surface area contributed by atoms with Crippen molar-refractivity contribution >= 4 is 0 Å². The van der Waals surface area contributed by atoms with Gasteiger partial charge in [-0.3, -0.25) is 0 Å². The van der Waals surface area contributed by atoms with E-state index in [1.165, 1.54) is 6.92 Å². The molecule has 0 bridgehead atoms. The average molecular weight is 185 g/mol. The molecule has 0 aliphatic heterocycles. The minimum Gasteiger partial charge on any atom is -0.207 e. The summed E-state index contributed by atoms with van der Waals surface area (Å²) in [5.41, 5.74) is -0.374. The van der Waals surface area contributed by atoms with Crippen molar-refractivity contribution in [2.24, 2.45) is 0 Å². The number of nitrogens with zero attached hydrogens (tertiary/aromatic N) is 1. The number of hydrogen-bond acceptors (Lipinski definition) is 1. The third-order valence-corrected chi connectivity index (χ3v) is 1.66. The Morgan fingerprint density at radius 1 is 1.38 bits per heavy atom. The fourth-order valence-corrected chi connectivity index (χ4v) is 0.905. The van der Waals surface area contributed by atoms with Crippen LogP contribution in [0.1, 0.15) is 11.1 Å². The highest BCUT2D eigenvalue weighted by Gasteiger charge is 2.31. The second-order valence-corrected chi connectivity index (χ2v) is 2.65. The number of aryl methyl sites for hydroxylation is 1. The summed E-state index contributed by atoms with van der Waals surface area (Å²) in [6.07, 6.45) is 0. The maximum Gasteiger partial charge on any atom is 0.357 e. The number of halogens is 3. The molecule has 0 atom stereocenters. The number of nitriles is 1. The van der Waals surface area contributed by atoms with Crippen LogP contribution >= 0.6 is 0 Å². The van der Waals surface area contributed by atoms with Crippen LogP contribution in [0.5, 0.6) is 0 Å². The summed E-state index contributed by atoms with van der Waals surface area (Å²) >= 11 is 0. The van der Waals surface area contributed by atoms with Gasteiger partial charge in [0.1, 0.15) is 11.9 Å². The first-order valence-corrected chi connectivity index (χ1v) is 3.53. The topological polar surface area (TPSA) is 23.8 Å². The molecule has 0 fully saturated rings. The molecule has 0 amide bonds. The fourth-order valence-electron chi connectivity index (χ4n) is 0.905. The lowest BCUT2D eigenvalue weighted by Gasteiger charge is -2.08. The number of hydrogen-bond donors (Lipinski definition) is 0. The van der Waals surface area contributed by atoms with Gasteiger partial charge in [-0.1, -0.05) is 0 Å². The van der Waals surface area contributed by atoms with Gasteiger partial charge < -0.3 is 0 Å². The Hall–Kier alpha value is -1.50. The lowest BCUT2D eigenvalue weighted by atomic mass is 10.1. The standard InChI is InChI=1S/C9H6F3N/c1-6-4-7(2-3-8(6)10)9(11,12)5-13/h2-4H,1H3. The summed E-state index contributed by atoms with van der Waals surface area (Å²) in [7, 11) is 0. The first-order valence-electron chi connectivity index (χ1n) is 3.53. The van der Waals surface area contributed by atoms with Gasteiger partial charge in [-0.05, 0) is 30.7 Å². The Morgan fingerprint density at radius 2 is 2.00 bits per heavy atom. The SMILES string of the molecule is Cc1cc(C(F)(F)C#N)ccc1F. The van der Waals surface area contributed by atoms with Crippen LogP contribution < -0.4 is 0 Å². The summed E-state index contributed by atoms with van der Waals surface area (Å²) in [5, 5.41) is 8.11. The summed E-state index contributed by atoms with van der Waals surface area (Å²) in [4.78, 5) is 0. The molecule has 4 heteroatoms. The highest BCUT2D eigenvalue weighted by molar-refractivity contribution is 5.30. The van der Waals surface area contributed by atoms with Crippen molar-refractivity contribution in [1.29, 1.82) is 5.26 Å². The summed E-state index contributed by atoms with van der Waals surface area (Å²) in [6.45, 7) is 1.37. The molecule has 1 aromatic rings. The Bertz CT molecular complexity index is 366. The Morgan fingerprint density at radius 3 is 2.46 bits per heavy atom. The van der Waals surface area contributed by atoms with Crippen molar-refractivity contribution in [1.82, 2.24) is 0 Å².